The van der Waals surface area contributed by atoms with Crippen molar-refractivity contribution in [2.45, 2.75) is 19.3 Å². The maximum atomic E-state index is 13.1. The van der Waals surface area contributed by atoms with Gasteiger partial charge in [-0.1, -0.05) is 24.3 Å². The molecule has 1 fully saturated rings. The zero-order chi connectivity index (χ0) is 22.3. The van der Waals surface area contributed by atoms with Crippen molar-refractivity contribution in [2.24, 2.45) is 5.92 Å². The van der Waals surface area contributed by atoms with Crippen LogP contribution < -0.4 is 10.6 Å². The number of anilines is 1. The third-order valence-corrected chi connectivity index (χ3v) is 7.36. The molecular formula is C24H25N3O3S2. The lowest BCUT2D eigenvalue weighted by atomic mass is 9.95. The molecule has 3 amide bonds. The number of piperidine rings is 1. The lowest BCUT2D eigenvalue weighted by molar-refractivity contribution is -0.126. The average Bonchev–Trinajstić information content (AvgIpc) is 3.54. The minimum absolute atomic E-state index is 0.0669. The zero-order valence-corrected chi connectivity index (χ0v) is 19.2. The fraction of sp³-hybridized carbons (Fsp3) is 0.292. The summed E-state index contributed by atoms with van der Waals surface area (Å²) in [6, 6.07) is 14.7. The summed E-state index contributed by atoms with van der Waals surface area (Å²) in [5.41, 5.74) is 0.973. The quantitative estimate of drug-likeness (QED) is 0.545. The van der Waals surface area contributed by atoms with Gasteiger partial charge in [0.15, 0.2) is 0 Å². The molecule has 1 aliphatic rings. The number of rotatable bonds is 7. The van der Waals surface area contributed by atoms with Crippen molar-refractivity contribution in [3.8, 4) is 0 Å². The van der Waals surface area contributed by atoms with Gasteiger partial charge in [-0.15, -0.1) is 22.7 Å². The van der Waals surface area contributed by atoms with Crippen LogP contribution in [0.4, 0.5) is 5.69 Å². The second-order valence-electron chi connectivity index (χ2n) is 7.66. The SMILES string of the molecule is O=C(Nc1ccccc1C(=O)N1CCC(C(=O)NCCc2cccs2)CC1)c1cccs1. The van der Waals surface area contributed by atoms with E-state index in [2.05, 4.69) is 16.7 Å². The molecule has 0 aliphatic carbocycles. The number of hydrogen-bond acceptors (Lipinski definition) is 5. The summed E-state index contributed by atoms with van der Waals surface area (Å²) in [6.07, 6.45) is 2.12. The predicted molar refractivity (Wildman–Crippen MR) is 128 cm³/mol. The van der Waals surface area contributed by atoms with E-state index in [0.29, 0.717) is 48.6 Å². The predicted octanol–water partition coefficient (Wildman–Crippen LogP) is 4.27. The van der Waals surface area contributed by atoms with Crippen LogP contribution in [0.1, 0.15) is 37.7 Å². The molecule has 1 aromatic carbocycles. The van der Waals surface area contributed by atoms with Gasteiger partial charge in [0.05, 0.1) is 16.1 Å². The summed E-state index contributed by atoms with van der Waals surface area (Å²) in [6.45, 7) is 1.68. The lowest BCUT2D eigenvalue weighted by Crippen LogP contribution is -2.43. The normalized spacial score (nSPS) is 14.2. The summed E-state index contributed by atoms with van der Waals surface area (Å²) in [5.74, 6) is -0.352. The van der Waals surface area contributed by atoms with Gasteiger partial charge in [0.2, 0.25) is 5.91 Å². The number of nitrogens with one attached hydrogen (secondary N) is 2. The third-order valence-electron chi connectivity index (χ3n) is 5.55. The Bertz CT molecular complexity index is 1060. The van der Waals surface area contributed by atoms with E-state index in [9.17, 15) is 14.4 Å². The number of hydrogen-bond donors (Lipinski definition) is 2. The first kappa shape index (κ1) is 22.2. The van der Waals surface area contributed by atoms with Crippen LogP contribution in [0.3, 0.4) is 0 Å². The van der Waals surface area contributed by atoms with Crippen molar-refractivity contribution >= 4 is 46.1 Å². The number of para-hydroxylation sites is 1. The largest absolute Gasteiger partial charge is 0.355 e. The van der Waals surface area contributed by atoms with Crippen LogP contribution in [-0.2, 0) is 11.2 Å². The molecule has 1 saturated heterocycles. The molecule has 0 radical (unpaired) electrons. The molecule has 0 atom stereocenters. The van der Waals surface area contributed by atoms with E-state index in [4.69, 9.17) is 0 Å². The Hall–Kier alpha value is -2.97. The Morgan fingerprint density at radius 1 is 0.938 bits per heavy atom. The van der Waals surface area contributed by atoms with Crippen molar-refractivity contribution in [3.63, 3.8) is 0 Å². The Morgan fingerprint density at radius 3 is 2.41 bits per heavy atom. The van der Waals surface area contributed by atoms with Gasteiger partial charge in [0.1, 0.15) is 0 Å². The Morgan fingerprint density at radius 2 is 1.69 bits per heavy atom. The van der Waals surface area contributed by atoms with Gasteiger partial charge in [0.25, 0.3) is 11.8 Å². The van der Waals surface area contributed by atoms with Crippen molar-refractivity contribution in [2.75, 3.05) is 25.0 Å². The molecule has 3 heterocycles. The van der Waals surface area contributed by atoms with Crippen molar-refractivity contribution in [1.82, 2.24) is 10.2 Å². The molecule has 8 heteroatoms. The van der Waals surface area contributed by atoms with E-state index in [1.54, 1.807) is 46.6 Å². The van der Waals surface area contributed by atoms with Gasteiger partial charge in [-0.25, -0.2) is 0 Å². The monoisotopic (exact) mass is 467 g/mol. The number of amides is 3. The molecule has 2 N–H and O–H groups in total. The topological polar surface area (TPSA) is 78.5 Å². The van der Waals surface area contributed by atoms with Gasteiger partial charge in [-0.05, 0) is 54.3 Å². The standard InChI is InChI=1S/C24H25N3O3S2/c28-22(25-12-9-18-5-3-15-31-18)17-10-13-27(14-11-17)24(30)19-6-1-2-7-20(19)26-23(29)21-8-4-16-32-21/h1-8,15-17H,9-14H2,(H,25,28)(H,26,29). The number of carbonyl (C=O) groups excluding carboxylic acids is 3. The first-order valence-electron chi connectivity index (χ1n) is 10.6. The molecule has 0 saturated carbocycles. The highest BCUT2D eigenvalue weighted by molar-refractivity contribution is 7.12. The van der Waals surface area contributed by atoms with E-state index >= 15 is 0 Å². The smallest absolute Gasteiger partial charge is 0.265 e. The highest BCUT2D eigenvalue weighted by atomic mass is 32.1. The molecular weight excluding hydrogens is 442 g/mol. The second kappa shape index (κ2) is 10.6. The summed E-state index contributed by atoms with van der Waals surface area (Å²) in [4.78, 5) is 41.7. The van der Waals surface area contributed by atoms with Crippen LogP contribution in [0.5, 0.6) is 0 Å². The Kier molecular flexibility index (Phi) is 7.34. The number of carbonyl (C=O) groups is 3. The molecule has 0 spiro atoms. The fourth-order valence-electron chi connectivity index (χ4n) is 3.79. The molecule has 32 heavy (non-hydrogen) atoms. The highest BCUT2D eigenvalue weighted by Gasteiger charge is 2.28. The number of likely N-dealkylation sites (tertiary alicyclic amines) is 1. The van der Waals surface area contributed by atoms with Crippen molar-refractivity contribution < 1.29 is 14.4 Å². The minimum atomic E-state index is -0.224. The Labute approximate surface area is 195 Å². The summed E-state index contributed by atoms with van der Waals surface area (Å²) in [7, 11) is 0. The summed E-state index contributed by atoms with van der Waals surface area (Å²) >= 11 is 3.05. The van der Waals surface area contributed by atoms with Crippen LogP contribution in [0.15, 0.2) is 59.3 Å². The number of benzene rings is 1. The minimum Gasteiger partial charge on any atom is -0.355 e. The van der Waals surface area contributed by atoms with Crippen LogP contribution in [0.2, 0.25) is 0 Å². The first-order chi connectivity index (χ1) is 15.6. The first-order valence-corrected chi connectivity index (χ1v) is 12.4. The fourth-order valence-corrected chi connectivity index (χ4v) is 5.12. The van der Waals surface area contributed by atoms with Crippen LogP contribution in [-0.4, -0.2) is 42.3 Å². The van der Waals surface area contributed by atoms with Crippen LogP contribution in [0.25, 0.3) is 0 Å². The van der Waals surface area contributed by atoms with Crippen LogP contribution in [0, 0.1) is 5.92 Å². The maximum absolute atomic E-state index is 13.1. The van der Waals surface area contributed by atoms with Crippen LogP contribution >= 0.6 is 22.7 Å². The third kappa shape index (κ3) is 5.44. The van der Waals surface area contributed by atoms with E-state index in [1.165, 1.54) is 16.2 Å². The molecule has 166 valence electrons. The van der Waals surface area contributed by atoms with E-state index in [-0.39, 0.29) is 23.6 Å². The summed E-state index contributed by atoms with van der Waals surface area (Å²) < 4.78 is 0. The summed E-state index contributed by atoms with van der Waals surface area (Å²) in [5, 5.41) is 9.76. The molecule has 2 aromatic heterocycles. The zero-order valence-electron chi connectivity index (χ0n) is 17.6. The van der Waals surface area contributed by atoms with Crippen molar-refractivity contribution in [1.29, 1.82) is 0 Å². The molecule has 1 aliphatic heterocycles. The van der Waals surface area contributed by atoms with Crippen molar-refractivity contribution in [3.05, 3.63) is 74.6 Å². The van der Waals surface area contributed by atoms with Gasteiger partial charge >= 0.3 is 0 Å². The molecule has 0 bridgehead atoms. The van der Waals surface area contributed by atoms with Gasteiger partial charge in [-0.3, -0.25) is 14.4 Å². The van der Waals surface area contributed by atoms with Gasteiger partial charge in [0, 0.05) is 30.4 Å². The van der Waals surface area contributed by atoms with E-state index in [1.807, 2.05) is 22.9 Å². The maximum Gasteiger partial charge on any atom is 0.265 e. The molecule has 0 unspecified atom stereocenters. The lowest BCUT2D eigenvalue weighted by Gasteiger charge is -2.31. The Balaban J connectivity index is 1.30. The highest BCUT2D eigenvalue weighted by Crippen LogP contribution is 2.23. The van der Waals surface area contributed by atoms with E-state index in [0.717, 1.165) is 6.42 Å². The van der Waals surface area contributed by atoms with E-state index < -0.39 is 0 Å². The average molecular weight is 468 g/mol. The number of thiophene rings is 2. The van der Waals surface area contributed by atoms with Gasteiger partial charge < -0.3 is 15.5 Å². The molecule has 4 rings (SSSR count). The van der Waals surface area contributed by atoms with Gasteiger partial charge in [-0.2, -0.15) is 0 Å². The molecule has 3 aromatic rings. The molecule has 6 nitrogen and oxygen atoms in total. The number of nitrogens with zero attached hydrogens (tertiary/aromatic N) is 1. The second-order valence-corrected chi connectivity index (χ2v) is 9.64.